The third-order valence-electron chi connectivity index (χ3n) is 4.09. The van der Waals surface area contributed by atoms with Crippen LogP contribution >= 0.6 is 11.6 Å². The Balaban J connectivity index is 2.32. The van der Waals surface area contributed by atoms with Crippen LogP contribution in [0, 0.1) is 13.8 Å². The Labute approximate surface area is 154 Å². The van der Waals surface area contributed by atoms with Crippen molar-refractivity contribution in [2.24, 2.45) is 0 Å². The Morgan fingerprint density at radius 1 is 1.19 bits per heavy atom. The largest absolute Gasteiger partial charge is 0.479 e. The van der Waals surface area contributed by atoms with Crippen molar-refractivity contribution in [3.8, 4) is 17.1 Å². The maximum absolute atomic E-state index is 13.0. The zero-order valence-corrected chi connectivity index (χ0v) is 15.3. The third kappa shape index (κ3) is 3.30. The van der Waals surface area contributed by atoms with Crippen molar-refractivity contribution in [3.63, 3.8) is 0 Å². The topological polar surface area (TPSA) is 76.7 Å². The predicted octanol–water partition coefficient (Wildman–Crippen LogP) is 4.58. The van der Waals surface area contributed by atoms with Crippen molar-refractivity contribution < 1.29 is 19.1 Å². The van der Waals surface area contributed by atoms with E-state index in [0.717, 1.165) is 11.1 Å². The maximum atomic E-state index is 13.0. The maximum Gasteiger partial charge on any atom is 0.344 e. The van der Waals surface area contributed by atoms with E-state index in [4.69, 9.17) is 25.9 Å². The van der Waals surface area contributed by atoms with Crippen molar-refractivity contribution in [2.45, 2.75) is 26.9 Å². The highest BCUT2D eigenvalue weighted by Gasteiger charge is 2.23. The van der Waals surface area contributed by atoms with E-state index in [-0.39, 0.29) is 16.9 Å². The first-order valence-electron chi connectivity index (χ1n) is 8.01. The number of carbonyl (C=O) groups is 1. The number of ether oxygens (including phenoxy) is 1. The van der Waals surface area contributed by atoms with Crippen molar-refractivity contribution in [3.05, 3.63) is 62.8 Å². The Morgan fingerprint density at radius 3 is 2.46 bits per heavy atom. The second-order valence-electron chi connectivity index (χ2n) is 6.15. The molecule has 0 aliphatic rings. The van der Waals surface area contributed by atoms with Crippen LogP contribution in [0.2, 0.25) is 5.02 Å². The summed E-state index contributed by atoms with van der Waals surface area (Å²) in [4.78, 5) is 24.2. The summed E-state index contributed by atoms with van der Waals surface area (Å²) >= 11 is 6.13. The lowest BCUT2D eigenvalue weighted by Crippen LogP contribution is -2.26. The number of halogens is 1. The fourth-order valence-corrected chi connectivity index (χ4v) is 2.69. The highest BCUT2D eigenvalue weighted by atomic mass is 35.5. The smallest absolute Gasteiger partial charge is 0.344 e. The predicted molar refractivity (Wildman–Crippen MR) is 100 cm³/mol. The highest BCUT2D eigenvalue weighted by Crippen LogP contribution is 2.33. The third-order valence-corrected chi connectivity index (χ3v) is 4.49. The van der Waals surface area contributed by atoms with Crippen LogP contribution in [0.1, 0.15) is 18.1 Å². The van der Waals surface area contributed by atoms with Crippen LogP contribution in [0.15, 0.2) is 45.6 Å². The van der Waals surface area contributed by atoms with Gasteiger partial charge >= 0.3 is 5.97 Å². The van der Waals surface area contributed by atoms with Gasteiger partial charge in [-0.05, 0) is 38.5 Å². The summed E-state index contributed by atoms with van der Waals surface area (Å²) in [5, 5.41) is 9.81. The van der Waals surface area contributed by atoms with E-state index >= 15 is 0 Å². The standard InChI is InChI=1S/C20H17ClO5/c1-10-4-6-13(7-5-10)18-19(25-12(3)20(23)24)17(22)14-9-15(21)11(2)8-16(14)26-18/h4-9,12H,1-3H3,(H,23,24). The number of hydrogen-bond donors (Lipinski definition) is 1. The molecule has 1 unspecified atom stereocenters. The van der Waals surface area contributed by atoms with Gasteiger partial charge in [0, 0.05) is 10.6 Å². The molecular weight excluding hydrogens is 356 g/mol. The lowest BCUT2D eigenvalue weighted by atomic mass is 10.1. The first-order valence-corrected chi connectivity index (χ1v) is 8.39. The number of rotatable bonds is 4. The Bertz CT molecular complexity index is 1050. The molecule has 3 aromatic rings. The number of carboxylic acids is 1. The van der Waals surface area contributed by atoms with Crippen LogP contribution in [0.25, 0.3) is 22.3 Å². The molecule has 0 saturated heterocycles. The van der Waals surface area contributed by atoms with Crippen LogP contribution in [0.3, 0.4) is 0 Å². The Kier molecular flexibility index (Phi) is 4.74. The zero-order valence-electron chi connectivity index (χ0n) is 14.5. The molecule has 5 nitrogen and oxygen atoms in total. The fourth-order valence-electron chi connectivity index (χ4n) is 2.53. The van der Waals surface area contributed by atoms with E-state index in [1.54, 1.807) is 18.2 Å². The summed E-state index contributed by atoms with van der Waals surface area (Å²) in [5.41, 5.74) is 2.33. The number of carboxylic acid groups (broad SMARTS) is 1. The molecule has 26 heavy (non-hydrogen) atoms. The average molecular weight is 373 g/mol. The van der Waals surface area contributed by atoms with Crippen LogP contribution < -0.4 is 10.2 Å². The van der Waals surface area contributed by atoms with Crippen molar-refractivity contribution in [1.82, 2.24) is 0 Å². The van der Waals surface area contributed by atoms with Crippen LogP contribution in [-0.4, -0.2) is 17.2 Å². The van der Waals surface area contributed by atoms with Gasteiger partial charge in [-0.2, -0.15) is 0 Å². The fraction of sp³-hybridized carbons (Fsp3) is 0.200. The van der Waals surface area contributed by atoms with E-state index in [1.807, 2.05) is 26.0 Å². The van der Waals surface area contributed by atoms with E-state index in [1.165, 1.54) is 13.0 Å². The summed E-state index contributed by atoms with van der Waals surface area (Å²) < 4.78 is 11.4. The molecular formula is C20H17ClO5. The van der Waals surface area contributed by atoms with Gasteiger partial charge in [0.15, 0.2) is 11.9 Å². The molecule has 0 amide bonds. The number of aryl methyl sites for hydroxylation is 2. The number of aliphatic carboxylic acids is 1. The molecule has 2 aromatic carbocycles. The minimum absolute atomic E-state index is 0.142. The average Bonchev–Trinajstić information content (AvgIpc) is 2.59. The lowest BCUT2D eigenvalue weighted by molar-refractivity contribution is -0.144. The molecule has 3 rings (SSSR count). The van der Waals surface area contributed by atoms with Gasteiger partial charge in [-0.1, -0.05) is 41.4 Å². The van der Waals surface area contributed by atoms with Crippen LogP contribution in [0.5, 0.6) is 5.75 Å². The Hall–Kier alpha value is -2.79. The minimum Gasteiger partial charge on any atom is -0.479 e. The normalized spacial score (nSPS) is 12.2. The number of hydrogen-bond acceptors (Lipinski definition) is 4. The molecule has 0 spiro atoms. The quantitative estimate of drug-likeness (QED) is 0.725. The first-order chi connectivity index (χ1) is 12.3. The van der Waals surface area contributed by atoms with Crippen molar-refractivity contribution in [1.29, 1.82) is 0 Å². The molecule has 1 N–H and O–H groups in total. The molecule has 0 saturated carbocycles. The highest BCUT2D eigenvalue weighted by molar-refractivity contribution is 6.32. The molecule has 1 aromatic heterocycles. The molecule has 0 fully saturated rings. The molecule has 134 valence electrons. The number of benzene rings is 2. The van der Waals surface area contributed by atoms with Gasteiger partial charge < -0.3 is 14.3 Å². The van der Waals surface area contributed by atoms with Gasteiger partial charge in [-0.25, -0.2) is 4.79 Å². The molecule has 1 heterocycles. The molecule has 0 radical (unpaired) electrons. The van der Waals surface area contributed by atoms with E-state index in [2.05, 4.69) is 0 Å². The van der Waals surface area contributed by atoms with Gasteiger partial charge in [0.05, 0.1) is 5.39 Å². The SMILES string of the molecule is Cc1ccc(-c2oc3cc(C)c(Cl)cc3c(=O)c2OC(C)C(=O)O)cc1. The van der Waals surface area contributed by atoms with Gasteiger partial charge in [-0.15, -0.1) is 0 Å². The van der Waals surface area contributed by atoms with E-state index in [0.29, 0.717) is 16.2 Å². The zero-order chi connectivity index (χ0) is 19.0. The molecule has 1 atom stereocenters. The lowest BCUT2D eigenvalue weighted by Gasteiger charge is -2.14. The second-order valence-corrected chi connectivity index (χ2v) is 6.56. The van der Waals surface area contributed by atoms with Gasteiger partial charge in [0.1, 0.15) is 5.58 Å². The molecule has 0 aliphatic carbocycles. The molecule has 0 bridgehead atoms. The Morgan fingerprint density at radius 2 is 1.85 bits per heavy atom. The summed E-state index contributed by atoms with van der Waals surface area (Å²) in [6.45, 7) is 5.10. The summed E-state index contributed by atoms with van der Waals surface area (Å²) in [5.74, 6) is -1.13. The summed E-state index contributed by atoms with van der Waals surface area (Å²) in [7, 11) is 0. The van der Waals surface area contributed by atoms with Gasteiger partial charge in [-0.3, -0.25) is 4.79 Å². The summed E-state index contributed by atoms with van der Waals surface area (Å²) in [6.07, 6.45) is -1.21. The van der Waals surface area contributed by atoms with Crippen molar-refractivity contribution in [2.75, 3.05) is 0 Å². The monoisotopic (exact) mass is 372 g/mol. The van der Waals surface area contributed by atoms with Crippen LogP contribution in [-0.2, 0) is 4.79 Å². The molecule has 6 heteroatoms. The van der Waals surface area contributed by atoms with E-state index in [9.17, 15) is 9.59 Å². The van der Waals surface area contributed by atoms with E-state index < -0.39 is 17.5 Å². The second kappa shape index (κ2) is 6.84. The summed E-state index contributed by atoms with van der Waals surface area (Å²) in [6, 6.07) is 10.5. The van der Waals surface area contributed by atoms with Gasteiger partial charge in [0.2, 0.25) is 11.2 Å². The first kappa shape index (κ1) is 18.0. The molecule has 0 aliphatic heterocycles. The number of fused-ring (bicyclic) bond motifs is 1. The van der Waals surface area contributed by atoms with Gasteiger partial charge in [0.25, 0.3) is 0 Å². The minimum atomic E-state index is -1.21. The van der Waals surface area contributed by atoms with Crippen LogP contribution in [0.4, 0.5) is 0 Å². The van der Waals surface area contributed by atoms with Crippen molar-refractivity contribution >= 4 is 28.5 Å².